The van der Waals surface area contributed by atoms with E-state index >= 15 is 0 Å². The van der Waals surface area contributed by atoms with E-state index in [0.717, 1.165) is 23.7 Å². The van der Waals surface area contributed by atoms with Crippen molar-refractivity contribution in [2.45, 2.75) is 26.1 Å². The Bertz CT molecular complexity index is 388. The SMILES string of the molecule is CC1(C)CCN(c2cccc(Cl)c2CCl)C1. The van der Waals surface area contributed by atoms with Crippen LogP contribution in [0.4, 0.5) is 5.69 Å². The van der Waals surface area contributed by atoms with Crippen LogP contribution in [0.5, 0.6) is 0 Å². The van der Waals surface area contributed by atoms with Crippen LogP contribution in [0.1, 0.15) is 25.8 Å². The third-order valence-corrected chi connectivity index (χ3v) is 3.87. The van der Waals surface area contributed by atoms with Gasteiger partial charge in [0.05, 0.1) is 5.88 Å². The molecule has 1 aliphatic rings. The predicted molar refractivity (Wildman–Crippen MR) is 71.6 cm³/mol. The van der Waals surface area contributed by atoms with Crippen molar-refractivity contribution in [2.75, 3.05) is 18.0 Å². The van der Waals surface area contributed by atoms with Gasteiger partial charge in [-0.05, 0) is 24.0 Å². The molecule has 88 valence electrons. The maximum absolute atomic E-state index is 6.17. The van der Waals surface area contributed by atoms with E-state index in [-0.39, 0.29) is 0 Å². The number of nitrogens with zero attached hydrogens (tertiary/aromatic N) is 1. The van der Waals surface area contributed by atoms with E-state index in [1.165, 1.54) is 12.1 Å². The van der Waals surface area contributed by atoms with Crippen LogP contribution >= 0.6 is 23.2 Å². The Morgan fingerprint density at radius 3 is 2.69 bits per heavy atom. The maximum atomic E-state index is 6.17. The van der Waals surface area contributed by atoms with Gasteiger partial charge in [0.2, 0.25) is 0 Å². The first-order valence-electron chi connectivity index (χ1n) is 5.62. The number of alkyl halides is 1. The summed E-state index contributed by atoms with van der Waals surface area (Å²) in [6, 6.07) is 6.02. The molecule has 2 rings (SSSR count). The van der Waals surface area contributed by atoms with Gasteiger partial charge >= 0.3 is 0 Å². The normalized spacial score (nSPS) is 19.1. The van der Waals surface area contributed by atoms with Gasteiger partial charge in [-0.3, -0.25) is 0 Å². The first-order chi connectivity index (χ1) is 7.53. The van der Waals surface area contributed by atoms with E-state index in [1.807, 2.05) is 12.1 Å². The minimum Gasteiger partial charge on any atom is -0.371 e. The fraction of sp³-hybridized carbons (Fsp3) is 0.538. The van der Waals surface area contributed by atoms with Gasteiger partial charge in [-0.15, -0.1) is 11.6 Å². The molecule has 0 amide bonds. The zero-order valence-electron chi connectivity index (χ0n) is 9.76. The van der Waals surface area contributed by atoms with Gasteiger partial charge in [-0.2, -0.15) is 0 Å². The standard InChI is InChI=1S/C13H17Cl2N/c1-13(2)6-7-16(9-13)12-5-3-4-11(15)10(12)8-14/h3-5H,6-9H2,1-2H3. The van der Waals surface area contributed by atoms with E-state index in [2.05, 4.69) is 24.8 Å². The first kappa shape index (κ1) is 12.1. The lowest BCUT2D eigenvalue weighted by Gasteiger charge is -2.24. The monoisotopic (exact) mass is 257 g/mol. The van der Waals surface area contributed by atoms with E-state index in [4.69, 9.17) is 23.2 Å². The third-order valence-electron chi connectivity index (χ3n) is 3.25. The molecule has 1 aliphatic heterocycles. The lowest BCUT2D eigenvalue weighted by molar-refractivity contribution is 0.418. The van der Waals surface area contributed by atoms with Crippen LogP contribution in [0, 0.1) is 5.41 Å². The molecule has 0 radical (unpaired) electrons. The van der Waals surface area contributed by atoms with E-state index < -0.39 is 0 Å². The summed E-state index contributed by atoms with van der Waals surface area (Å²) in [5.41, 5.74) is 2.66. The van der Waals surface area contributed by atoms with E-state index in [0.29, 0.717) is 11.3 Å². The number of anilines is 1. The van der Waals surface area contributed by atoms with Crippen molar-refractivity contribution in [3.63, 3.8) is 0 Å². The number of hydrogen-bond donors (Lipinski definition) is 0. The Morgan fingerprint density at radius 1 is 1.38 bits per heavy atom. The molecule has 0 aromatic heterocycles. The molecule has 0 saturated carbocycles. The van der Waals surface area contributed by atoms with Gasteiger partial charge < -0.3 is 4.90 Å². The lowest BCUT2D eigenvalue weighted by atomic mass is 9.93. The van der Waals surface area contributed by atoms with Crippen LogP contribution in [-0.2, 0) is 5.88 Å². The highest BCUT2D eigenvalue weighted by Gasteiger charge is 2.30. The molecule has 0 unspecified atom stereocenters. The fourth-order valence-corrected chi connectivity index (χ4v) is 2.88. The highest BCUT2D eigenvalue weighted by Crippen LogP contribution is 2.36. The Balaban J connectivity index is 2.31. The summed E-state index contributed by atoms with van der Waals surface area (Å²) in [4.78, 5) is 2.39. The average molecular weight is 258 g/mol. The number of halogens is 2. The Hall–Kier alpha value is -0.400. The summed E-state index contributed by atoms with van der Waals surface area (Å²) in [7, 11) is 0. The van der Waals surface area contributed by atoms with Gasteiger partial charge in [0.15, 0.2) is 0 Å². The first-order valence-corrected chi connectivity index (χ1v) is 6.53. The van der Waals surface area contributed by atoms with Crippen molar-refractivity contribution in [2.24, 2.45) is 5.41 Å². The topological polar surface area (TPSA) is 3.24 Å². The molecule has 1 saturated heterocycles. The summed E-state index contributed by atoms with van der Waals surface area (Å²) in [5.74, 6) is 0.478. The molecule has 1 fully saturated rings. The van der Waals surface area contributed by atoms with Crippen LogP contribution in [0.3, 0.4) is 0 Å². The Kier molecular flexibility index (Phi) is 3.37. The molecular formula is C13H17Cl2N. The average Bonchev–Trinajstić information content (AvgIpc) is 2.58. The molecule has 1 aromatic rings. The number of benzene rings is 1. The quantitative estimate of drug-likeness (QED) is 0.714. The molecule has 0 atom stereocenters. The molecule has 1 heterocycles. The van der Waals surface area contributed by atoms with Crippen LogP contribution < -0.4 is 4.90 Å². The molecule has 0 aliphatic carbocycles. The molecule has 0 bridgehead atoms. The fourth-order valence-electron chi connectivity index (χ4n) is 2.29. The summed E-state index contributed by atoms with van der Waals surface area (Å²) >= 11 is 12.1. The molecular weight excluding hydrogens is 241 g/mol. The van der Waals surface area contributed by atoms with Gasteiger partial charge in [0.25, 0.3) is 0 Å². The molecule has 0 N–H and O–H groups in total. The van der Waals surface area contributed by atoms with Crippen molar-refractivity contribution in [1.82, 2.24) is 0 Å². The third kappa shape index (κ3) is 2.31. The zero-order chi connectivity index (χ0) is 11.8. The van der Waals surface area contributed by atoms with Crippen molar-refractivity contribution in [3.8, 4) is 0 Å². The zero-order valence-corrected chi connectivity index (χ0v) is 11.3. The molecule has 3 heteroatoms. The summed E-state index contributed by atoms with van der Waals surface area (Å²) in [6.45, 7) is 6.78. The second-order valence-corrected chi connectivity index (χ2v) is 5.88. The Morgan fingerprint density at radius 2 is 2.12 bits per heavy atom. The highest BCUT2D eigenvalue weighted by atomic mass is 35.5. The molecule has 1 nitrogen and oxygen atoms in total. The van der Waals surface area contributed by atoms with Crippen molar-refractivity contribution in [1.29, 1.82) is 0 Å². The second kappa shape index (κ2) is 4.46. The van der Waals surface area contributed by atoms with Gasteiger partial charge in [0, 0.05) is 29.4 Å². The molecule has 0 spiro atoms. The van der Waals surface area contributed by atoms with Gasteiger partial charge in [-0.1, -0.05) is 31.5 Å². The lowest BCUT2D eigenvalue weighted by Crippen LogP contribution is -2.23. The summed E-state index contributed by atoms with van der Waals surface area (Å²) in [6.07, 6.45) is 1.22. The minimum atomic E-state index is 0.395. The van der Waals surface area contributed by atoms with Crippen molar-refractivity contribution >= 4 is 28.9 Å². The van der Waals surface area contributed by atoms with Gasteiger partial charge in [0.1, 0.15) is 0 Å². The maximum Gasteiger partial charge on any atom is 0.0509 e. The molecule has 1 aromatic carbocycles. The van der Waals surface area contributed by atoms with Gasteiger partial charge in [-0.25, -0.2) is 0 Å². The largest absolute Gasteiger partial charge is 0.371 e. The smallest absolute Gasteiger partial charge is 0.0509 e. The van der Waals surface area contributed by atoms with Crippen molar-refractivity contribution < 1.29 is 0 Å². The van der Waals surface area contributed by atoms with E-state index in [9.17, 15) is 0 Å². The van der Waals surface area contributed by atoms with Crippen LogP contribution in [0.2, 0.25) is 5.02 Å². The molecule has 16 heavy (non-hydrogen) atoms. The van der Waals surface area contributed by atoms with Crippen LogP contribution in [-0.4, -0.2) is 13.1 Å². The highest BCUT2D eigenvalue weighted by molar-refractivity contribution is 6.32. The Labute approximate surface area is 107 Å². The predicted octanol–water partition coefficient (Wildman–Crippen LogP) is 4.32. The summed E-state index contributed by atoms with van der Waals surface area (Å²) < 4.78 is 0. The summed E-state index contributed by atoms with van der Waals surface area (Å²) in [5, 5.41) is 0.775. The van der Waals surface area contributed by atoms with E-state index in [1.54, 1.807) is 0 Å². The van der Waals surface area contributed by atoms with Crippen LogP contribution in [0.25, 0.3) is 0 Å². The van der Waals surface area contributed by atoms with Crippen LogP contribution in [0.15, 0.2) is 18.2 Å². The number of hydrogen-bond acceptors (Lipinski definition) is 1. The minimum absolute atomic E-state index is 0.395. The number of rotatable bonds is 2. The second-order valence-electron chi connectivity index (χ2n) is 5.21. The van der Waals surface area contributed by atoms with Crippen molar-refractivity contribution in [3.05, 3.63) is 28.8 Å².